The SMILES string of the molecule is COc1ccc(NC(=O)[C@@H](C)OC(=O)c2ccc(OC(C)C)cc2)cc1. The second kappa shape index (κ2) is 8.89. The predicted molar refractivity (Wildman–Crippen MR) is 98.7 cm³/mol. The quantitative estimate of drug-likeness (QED) is 0.766. The summed E-state index contributed by atoms with van der Waals surface area (Å²) in [4.78, 5) is 24.3. The molecule has 26 heavy (non-hydrogen) atoms. The third-order valence-corrected chi connectivity index (χ3v) is 3.47. The van der Waals surface area contributed by atoms with E-state index in [2.05, 4.69) is 5.32 Å². The van der Waals surface area contributed by atoms with Crippen LogP contribution in [0.5, 0.6) is 11.5 Å². The number of esters is 1. The van der Waals surface area contributed by atoms with Gasteiger partial charge in [-0.1, -0.05) is 0 Å². The van der Waals surface area contributed by atoms with Crippen LogP contribution in [0.2, 0.25) is 0 Å². The van der Waals surface area contributed by atoms with Crippen molar-refractivity contribution in [1.82, 2.24) is 0 Å². The third-order valence-electron chi connectivity index (χ3n) is 3.47. The summed E-state index contributed by atoms with van der Waals surface area (Å²) in [6.45, 7) is 5.36. The normalized spacial score (nSPS) is 11.6. The second-order valence-electron chi connectivity index (χ2n) is 5.96. The molecule has 0 unspecified atom stereocenters. The van der Waals surface area contributed by atoms with Crippen molar-refractivity contribution in [2.45, 2.75) is 33.0 Å². The van der Waals surface area contributed by atoms with Crippen molar-refractivity contribution in [2.24, 2.45) is 0 Å². The van der Waals surface area contributed by atoms with E-state index >= 15 is 0 Å². The van der Waals surface area contributed by atoms with Gasteiger partial charge in [-0.3, -0.25) is 4.79 Å². The fourth-order valence-electron chi connectivity index (χ4n) is 2.14. The fourth-order valence-corrected chi connectivity index (χ4v) is 2.14. The number of ether oxygens (including phenoxy) is 3. The Bertz CT molecular complexity index is 738. The van der Waals surface area contributed by atoms with Crippen LogP contribution in [-0.4, -0.2) is 31.2 Å². The molecule has 0 saturated carbocycles. The molecule has 1 amide bonds. The van der Waals surface area contributed by atoms with E-state index in [-0.39, 0.29) is 6.10 Å². The lowest BCUT2D eigenvalue weighted by Crippen LogP contribution is -2.30. The van der Waals surface area contributed by atoms with Gasteiger partial charge in [-0.15, -0.1) is 0 Å². The highest BCUT2D eigenvalue weighted by atomic mass is 16.5. The molecule has 1 atom stereocenters. The van der Waals surface area contributed by atoms with E-state index in [0.717, 1.165) is 0 Å². The second-order valence-corrected chi connectivity index (χ2v) is 5.96. The molecule has 0 aliphatic rings. The van der Waals surface area contributed by atoms with Crippen LogP contribution in [-0.2, 0) is 9.53 Å². The Hall–Kier alpha value is -3.02. The Kier molecular flexibility index (Phi) is 6.60. The van der Waals surface area contributed by atoms with E-state index in [9.17, 15) is 9.59 Å². The van der Waals surface area contributed by atoms with Crippen molar-refractivity contribution < 1.29 is 23.8 Å². The van der Waals surface area contributed by atoms with Crippen molar-refractivity contribution in [3.63, 3.8) is 0 Å². The highest BCUT2D eigenvalue weighted by Crippen LogP contribution is 2.17. The summed E-state index contributed by atoms with van der Waals surface area (Å²) in [6.07, 6.45) is -0.884. The first-order chi connectivity index (χ1) is 12.4. The van der Waals surface area contributed by atoms with Crippen LogP contribution in [0.25, 0.3) is 0 Å². The maximum absolute atomic E-state index is 12.2. The Morgan fingerprint density at radius 1 is 0.885 bits per heavy atom. The molecule has 0 heterocycles. The summed E-state index contributed by atoms with van der Waals surface area (Å²) in [5, 5.41) is 2.69. The number of carbonyl (C=O) groups is 2. The molecule has 2 aromatic rings. The van der Waals surface area contributed by atoms with Crippen molar-refractivity contribution in [1.29, 1.82) is 0 Å². The van der Waals surface area contributed by atoms with E-state index < -0.39 is 18.0 Å². The van der Waals surface area contributed by atoms with Crippen LogP contribution in [0.4, 0.5) is 5.69 Å². The van der Waals surface area contributed by atoms with Crippen molar-refractivity contribution in [2.75, 3.05) is 12.4 Å². The van der Waals surface area contributed by atoms with E-state index in [0.29, 0.717) is 22.7 Å². The van der Waals surface area contributed by atoms with E-state index in [1.165, 1.54) is 6.92 Å². The van der Waals surface area contributed by atoms with Gasteiger partial charge >= 0.3 is 5.97 Å². The van der Waals surface area contributed by atoms with E-state index in [1.807, 2.05) is 13.8 Å². The van der Waals surface area contributed by atoms with Crippen LogP contribution >= 0.6 is 0 Å². The Labute approximate surface area is 153 Å². The molecular formula is C20H23NO5. The van der Waals surface area contributed by atoms with Crippen molar-refractivity contribution in [3.05, 3.63) is 54.1 Å². The number of carbonyl (C=O) groups excluding carboxylic acids is 2. The average molecular weight is 357 g/mol. The molecule has 0 spiro atoms. The third kappa shape index (κ3) is 5.51. The molecular weight excluding hydrogens is 334 g/mol. The van der Waals surface area contributed by atoms with Gasteiger partial charge in [0.1, 0.15) is 11.5 Å². The predicted octanol–water partition coefficient (Wildman–Crippen LogP) is 3.67. The molecule has 2 rings (SSSR count). The summed E-state index contributed by atoms with van der Waals surface area (Å²) in [5.41, 5.74) is 0.944. The largest absolute Gasteiger partial charge is 0.497 e. The lowest BCUT2D eigenvalue weighted by molar-refractivity contribution is -0.123. The van der Waals surface area contributed by atoms with Crippen LogP contribution in [0.3, 0.4) is 0 Å². The molecule has 2 aromatic carbocycles. The summed E-state index contributed by atoms with van der Waals surface area (Å²) in [7, 11) is 1.57. The summed E-state index contributed by atoms with van der Waals surface area (Å²) in [6, 6.07) is 13.5. The number of amides is 1. The van der Waals surface area contributed by atoms with Crippen molar-refractivity contribution >= 4 is 17.6 Å². The monoisotopic (exact) mass is 357 g/mol. The minimum Gasteiger partial charge on any atom is -0.497 e. The zero-order chi connectivity index (χ0) is 19.1. The first-order valence-electron chi connectivity index (χ1n) is 8.31. The zero-order valence-corrected chi connectivity index (χ0v) is 15.3. The molecule has 6 nitrogen and oxygen atoms in total. The highest BCUT2D eigenvalue weighted by molar-refractivity contribution is 5.97. The zero-order valence-electron chi connectivity index (χ0n) is 15.3. The van der Waals surface area contributed by atoms with Gasteiger partial charge in [-0.2, -0.15) is 0 Å². The summed E-state index contributed by atoms with van der Waals surface area (Å²) >= 11 is 0. The number of nitrogens with one attached hydrogen (secondary N) is 1. The Balaban J connectivity index is 1.91. The number of rotatable bonds is 7. The van der Waals surface area contributed by atoms with Gasteiger partial charge < -0.3 is 19.5 Å². The molecule has 0 aliphatic heterocycles. The highest BCUT2D eigenvalue weighted by Gasteiger charge is 2.19. The molecule has 0 aromatic heterocycles. The standard InChI is InChI=1S/C20H23NO5/c1-13(2)25-18-9-5-15(6-10-18)20(23)26-14(3)19(22)21-16-7-11-17(24-4)12-8-16/h5-14H,1-4H3,(H,21,22)/t14-/m1/s1. The lowest BCUT2D eigenvalue weighted by atomic mass is 10.2. The Morgan fingerprint density at radius 3 is 2.00 bits per heavy atom. The number of methoxy groups -OCH3 is 1. The molecule has 0 saturated heterocycles. The van der Waals surface area contributed by atoms with Gasteiger partial charge in [0, 0.05) is 5.69 Å². The van der Waals surface area contributed by atoms with E-state index in [4.69, 9.17) is 14.2 Å². The van der Waals surface area contributed by atoms with Crippen LogP contribution in [0, 0.1) is 0 Å². The number of hydrogen-bond donors (Lipinski definition) is 1. The summed E-state index contributed by atoms with van der Waals surface area (Å²) < 4.78 is 15.8. The maximum atomic E-state index is 12.2. The average Bonchev–Trinajstić information content (AvgIpc) is 2.62. The van der Waals surface area contributed by atoms with Gasteiger partial charge in [0.25, 0.3) is 5.91 Å². The van der Waals surface area contributed by atoms with Crippen molar-refractivity contribution in [3.8, 4) is 11.5 Å². The van der Waals surface area contributed by atoms with Crippen LogP contribution in [0.15, 0.2) is 48.5 Å². The van der Waals surface area contributed by atoms with E-state index in [1.54, 1.807) is 55.6 Å². The molecule has 138 valence electrons. The number of hydrogen-bond acceptors (Lipinski definition) is 5. The molecule has 1 N–H and O–H groups in total. The first kappa shape index (κ1) is 19.3. The first-order valence-corrected chi connectivity index (χ1v) is 8.31. The molecule has 0 bridgehead atoms. The molecule has 0 fully saturated rings. The maximum Gasteiger partial charge on any atom is 0.338 e. The number of anilines is 1. The lowest BCUT2D eigenvalue weighted by Gasteiger charge is -2.14. The summed E-state index contributed by atoms with van der Waals surface area (Å²) in [5.74, 6) is 0.371. The van der Waals surface area contributed by atoms with Gasteiger partial charge in [0.2, 0.25) is 0 Å². The van der Waals surface area contributed by atoms with Crippen LogP contribution < -0.4 is 14.8 Å². The molecule has 0 aliphatic carbocycles. The topological polar surface area (TPSA) is 73.9 Å². The smallest absolute Gasteiger partial charge is 0.338 e. The fraction of sp³-hybridized carbons (Fsp3) is 0.300. The van der Waals surface area contributed by atoms with Gasteiger partial charge in [0.05, 0.1) is 18.8 Å². The number of benzene rings is 2. The van der Waals surface area contributed by atoms with Gasteiger partial charge in [0.15, 0.2) is 6.10 Å². The van der Waals surface area contributed by atoms with Gasteiger partial charge in [-0.25, -0.2) is 4.79 Å². The minimum atomic E-state index is -0.934. The van der Waals surface area contributed by atoms with Gasteiger partial charge in [-0.05, 0) is 69.3 Å². The van der Waals surface area contributed by atoms with Crippen LogP contribution in [0.1, 0.15) is 31.1 Å². The Morgan fingerprint density at radius 2 is 1.46 bits per heavy atom. The minimum absolute atomic E-state index is 0.0504. The molecule has 0 radical (unpaired) electrons. The molecule has 6 heteroatoms.